The highest BCUT2D eigenvalue weighted by molar-refractivity contribution is 6.07. The van der Waals surface area contributed by atoms with Crippen LogP contribution in [0, 0.1) is 17.8 Å². The predicted octanol–water partition coefficient (Wildman–Crippen LogP) is 2.99. The zero-order valence-electron chi connectivity index (χ0n) is 16.0. The van der Waals surface area contributed by atoms with Gasteiger partial charge in [-0.25, -0.2) is 0 Å². The van der Waals surface area contributed by atoms with E-state index >= 15 is 0 Å². The van der Waals surface area contributed by atoms with Gasteiger partial charge in [-0.1, -0.05) is 43.2 Å². The zero-order valence-corrected chi connectivity index (χ0v) is 16.0. The van der Waals surface area contributed by atoms with Crippen LogP contribution in [0.2, 0.25) is 0 Å². The molecule has 1 aromatic carbocycles. The molecule has 1 aromatic rings. The molecule has 2 saturated carbocycles. The van der Waals surface area contributed by atoms with Gasteiger partial charge in [0.1, 0.15) is 6.54 Å². The first-order valence-electron chi connectivity index (χ1n) is 10.2. The van der Waals surface area contributed by atoms with Crippen LogP contribution in [-0.2, 0) is 20.9 Å². The lowest BCUT2D eigenvalue weighted by molar-refractivity contribution is -0.147. The molecule has 144 valence electrons. The van der Waals surface area contributed by atoms with Crippen molar-refractivity contribution in [2.75, 3.05) is 6.54 Å². The summed E-state index contributed by atoms with van der Waals surface area (Å²) in [6, 6.07) is 10.1. The molecule has 1 saturated heterocycles. The summed E-state index contributed by atoms with van der Waals surface area (Å²) in [6.45, 7) is 2.51. The van der Waals surface area contributed by atoms with E-state index in [1.165, 1.54) is 4.90 Å². The van der Waals surface area contributed by atoms with Crippen LogP contribution in [0.5, 0.6) is 0 Å². The molecule has 3 aliphatic rings. The first-order chi connectivity index (χ1) is 13.1. The van der Waals surface area contributed by atoms with Crippen molar-refractivity contribution in [3.05, 3.63) is 35.9 Å². The van der Waals surface area contributed by atoms with Gasteiger partial charge >= 0.3 is 0 Å². The highest BCUT2D eigenvalue weighted by Gasteiger charge is 2.49. The Morgan fingerprint density at radius 3 is 2.19 bits per heavy atom. The summed E-state index contributed by atoms with van der Waals surface area (Å²) in [5.74, 6) is -0.220. The summed E-state index contributed by atoms with van der Waals surface area (Å²) in [4.78, 5) is 41.7. The molecule has 3 atom stereocenters. The average molecular weight is 368 g/mol. The number of nitrogens with zero attached hydrogens (tertiary/aromatic N) is 2. The molecule has 1 aliphatic heterocycles. The number of amides is 3. The quantitative estimate of drug-likeness (QED) is 0.726. The molecule has 4 rings (SSSR count). The fourth-order valence-electron chi connectivity index (χ4n) is 4.69. The fourth-order valence-corrected chi connectivity index (χ4v) is 4.69. The number of benzene rings is 1. The van der Waals surface area contributed by atoms with Crippen LogP contribution >= 0.6 is 0 Å². The van der Waals surface area contributed by atoms with Gasteiger partial charge in [0.05, 0.1) is 11.8 Å². The Morgan fingerprint density at radius 1 is 1.04 bits per heavy atom. The van der Waals surface area contributed by atoms with Gasteiger partial charge in [-0.2, -0.15) is 0 Å². The van der Waals surface area contributed by atoms with E-state index < -0.39 is 0 Å². The van der Waals surface area contributed by atoms with Gasteiger partial charge < -0.3 is 4.90 Å². The Hall–Kier alpha value is -2.17. The van der Waals surface area contributed by atoms with Crippen molar-refractivity contribution >= 4 is 17.7 Å². The van der Waals surface area contributed by atoms with Crippen LogP contribution < -0.4 is 0 Å². The van der Waals surface area contributed by atoms with Crippen molar-refractivity contribution in [1.29, 1.82) is 0 Å². The van der Waals surface area contributed by atoms with Gasteiger partial charge in [-0.3, -0.25) is 19.3 Å². The van der Waals surface area contributed by atoms with Gasteiger partial charge in [0.25, 0.3) is 0 Å². The molecule has 0 aromatic heterocycles. The summed E-state index contributed by atoms with van der Waals surface area (Å²) in [7, 11) is 0. The summed E-state index contributed by atoms with van der Waals surface area (Å²) in [5, 5.41) is 0. The smallest absolute Gasteiger partial charge is 0.243 e. The van der Waals surface area contributed by atoms with Crippen LogP contribution in [0.4, 0.5) is 0 Å². The monoisotopic (exact) mass is 368 g/mol. The predicted molar refractivity (Wildman–Crippen MR) is 101 cm³/mol. The Morgan fingerprint density at radius 2 is 1.63 bits per heavy atom. The number of carbonyl (C=O) groups excluding carboxylic acids is 3. The van der Waals surface area contributed by atoms with Crippen molar-refractivity contribution in [2.24, 2.45) is 17.8 Å². The first-order valence-corrected chi connectivity index (χ1v) is 10.2. The second-order valence-corrected chi connectivity index (χ2v) is 8.35. The van der Waals surface area contributed by atoms with Crippen LogP contribution in [0.1, 0.15) is 51.0 Å². The number of hydrogen-bond donors (Lipinski definition) is 0. The van der Waals surface area contributed by atoms with E-state index in [9.17, 15) is 14.4 Å². The number of rotatable bonds is 6. The number of likely N-dealkylation sites (tertiary alicyclic amines) is 1. The van der Waals surface area contributed by atoms with E-state index in [1.54, 1.807) is 0 Å². The van der Waals surface area contributed by atoms with Crippen molar-refractivity contribution in [3.8, 4) is 0 Å². The van der Waals surface area contributed by atoms with E-state index in [2.05, 4.69) is 6.92 Å². The van der Waals surface area contributed by atoms with Gasteiger partial charge in [0.2, 0.25) is 17.7 Å². The van der Waals surface area contributed by atoms with E-state index in [0.29, 0.717) is 12.5 Å². The highest BCUT2D eigenvalue weighted by atomic mass is 16.2. The van der Waals surface area contributed by atoms with E-state index in [1.807, 2.05) is 35.2 Å². The van der Waals surface area contributed by atoms with Crippen LogP contribution in [0.15, 0.2) is 30.3 Å². The van der Waals surface area contributed by atoms with Crippen LogP contribution in [0.25, 0.3) is 0 Å². The number of fused-ring (bicyclic) bond motifs is 1. The van der Waals surface area contributed by atoms with Crippen molar-refractivity contribution in [3.63, 3.8) is 0 Å². The Labute approximate surface area is 160 Å². The van der Waals surface area contributed by atoms with Gasteiger partial charge in [0, 0.05) is 12.6 Å². The first kappa shape index (κ1) is 18.2. The lowest BCUT2D eigenvalue weighted by atomic mass is 9.81. The Balaban J connectivity index is 1.49. The van der Waals surface area contributed by atoms with Gasteiger partial charge in [-0.05, 0) is 44.1 Å². The van der Waals surface area contributed by atoms with Crippen molar-refractivity contribution in [2.45, 2.75) is 58.0 Å². The molecule has 2 aliphatic carbocycles. The van der Waals surface area contributed by atoms with Gasteiger partial charge in [0.15, 0.2) is 0 Å². The molecule has 1 heterocycles. The lowest BCUT2D eigenvalue weighted by Crippen LogP contribution is -2.46. The largest absolute Gasteiger partial charge is 0.334 e. The van der Waals surface area contributed by atoms with Crippen LogP contribution in [-0.4, -0.2) is 40.1 Å². The molecule has 0 radical (unpaired) electrons. The molecular weight excluding hydrogens is 340 g/mol. The maximum atomic E-state index is 13.2. The number of carbonyl (C=O) groups is 3. The Kier molecular flexibility index (Phi) is 5.02. The van der Waals surface area contributed by atoms with Crippen LogP contribution in [0.3, 0.4) is 0 Å². The summed E-state index contributed by atoms with van der Waals surface area (Å²) in [6.07, 6.45) is 5.86. The molecule has 5 heteroatoms. The number of imide groups is 1. The molecule has 27 heavy (non-hydrogen) atoms. The SMILES string of the molecule is CC(C1CC1)N(Cc1ccccc1)C(=O)CN1C(=O)C2CCCCC2C1=O. The third-order valence-corrected chi connectivity index (χ3v) is 6.54. The van der Waals surface area contributed by atoms with E-state index in [4.69, 9.17) is 0 Å². The van der Waals surface area contributed by atoms with E-state index in [-0.39, 0.29) is 42.1 Å². The molecule has 0 spiro atoms. The molecule has 0 N–H and O–H groups in total. The molecule has 0 bridgehead atoms. The topological polar surface area (TPSA) is 57.7 Å². The minimum atomic E-state index is -0.192. The fraction of sp³-hybridized carbons (Fsp3) is 0.591. The standard InChI is InChI=1S/C22H28N2O3/c1-15(17-11-12-17)23(13-16-7-3-2-4-8-16)20(25)14-24-21(26)18-9-5-6-10-19(18)22(24)27/h2-4,7-8,15,17-19H,5-6,9-14H2,1H3. The summed E-state index contributed by atoms with van der Waals surface area (Å²) >= 11 is 0. The molecule has 3 fully saturated rings. The maximum absolute atomic E-state index is 13.2. The highest BCUT2D eigenvalue weighted by Crippen LogP contribution is 2.39. The molecule has 3 amide bonds. The third-order valence-electron chi connectivity index (χ3n) is 6.54. The minimum absolute atomic E-state index is 0.103. The summed E-state index contributed by atoms with van der Waals surface area (Å²) < 4.78 is 0. The second kappa shape index (κ2) is 7.45. The second-order valence-electron chi connectivity index (χ2n) is 8.35. The third kappa shape index (κ3) is 3.64. The molecular formula is C22H28N2O3. The van der Waals surface area contributed by atoms with Gasteiger partial charge in [-0.15, -0.1) is 0 Å². The van der Waals surface area contributed by atoms with Crippen molar-refractivity contribution in [1.82, 2.24) is 9.80 Å². The molecule has 3 unspecified atom stereocenters. The average Bonchev–Trinajstić information content (AvgIpc) is 3.51. The maximum Gasteiger partial charge on any atom is 0.243 e. The zero-order chi connectivity index (χ0) is 19.0. The normalized spacial score (nSPS) is 26.0. The van der Waals surface area contributed by atoms with E-state index in [0.717, 1.165) is 44.1 Å². The lowest BCUT2D eigenvalue weighted by Gasteiger charge is -2.31. The minimum Gasteiger partial charge on any atom is -0.334 e. The number of hydrogen-bond acceptors (Lipinski definition) is 3. The van der Waals surface area contributed by atoms with Crippen molar-refractivity contribution < 1.29 is 14.4 Å². The summed E-state index contributed by atoms with van der Waals surface area (Å²) in [5.41, 5.74) is 1.08. The Bertz CT molecular complexity index is 704. The molecule has 5 nitrogen and oxygen atoms in total.